The minimum atomic E-state index is -0.448. The molecule has 7 heteroatoms. The van der Waals surface area contributed by atoms with Gasteiger partial charge in [0, 0.05) is 11.8 Å². The molecule has 2 aromatic heterocycles. The molecule has 0 unspecified atom stereocenters. The Hall–Kier alpha value is -2.96. The average Bonchev–Trinajstić information content (AvgIpc) is 3.10. The summed E-state index contributed by atoms with van der Waals surface area (Å²) in [6.07, 6.45) is 3.28. The second-order valence-electron chi connectivity index (χ2n) is 6.43. The van der Waals surface area contributed by atoms with Crippen molar-refractivity contribution >= 4 is 22.9 Å². The monoisotopic (exact) mass is 409 g/mol. The molecular weight excluding hydrogens is 394 g/mol. The zero-order valence-corrected chi connectivity index (χ0v) is 16.8. The van der Waals surface area contributed by atoms with Crippen LogP contribution in [0.15, 0.2) is 59.7 Å². The van der Waals surface area contributed by atoms with Gasteiger partial charge in [0.2, 0.25) is 0 Å². The van der Waals surface area contributed by atoms with Gasteiger partial charge in [-0.05, 0) is 42.7 Å². The maximum atomic E-state index is 12.8. The number of rotatable bonds is 3. The molecule has 4 aromatic rings. The summed E-state index contributed by atoms with van der Waals surface area (Å²) in [5, 5.41) is 15.9. The molecule has 0 fully saturated rings. The lowest BCUT2D eigenvalue weighted by molar-refractivity contribution is 0.491. The van der Waals surface area contributed by atoms with E-state index in [4.69, 9.17) is 11.6 Å². The van der Waals surface area contributed by atoms with Gasteiger partial charge in [0.05, 0.1) is 16.9 Å². The third-order valence-corrected chi connectivity index (χ3v) is 5.54. The summed E-state index contributed by atoms with van der Waals surface area (Å²) < 4.78 is 1.67. The smallest absolute Gasteiger partial charge is 0.283 e. The van der Waals surface area contributed by atoms with E-state index in [2.05, 4.69) is 10.1 Å². The minimum Gasteiger partial charge on any atom is -0.499 e. The standard InChI is InChI=1S/C21H16ClN3O2S/c1-12-8-16(25-11-15(22)10-23-25)9-13(2)17(12)18-19(26)24-20(28-21(18)27)14-6-4-3-5-7-14/h3-11,27H,1-2H3. The highest BCUT2D eigenvalue weighted by molar-refractivity contribution is 7.16. The predicted octanol–water partition coefficient (Wildman–Crippen LogP) is 5.00. The van der Waals surface area contributed by atoms with Crippen molar-refractivity contribution in [1.82, 2.24) is 14.8 Å². The number of benzene rings is 2. The normalized spacial score (nSPS) is 11.0. The van der Waals surface area contributed by atoms with Gasteiger partial charge < -0.3 is 5.11 Å². The zero-order chi connectivity index (χ0) is 19.8. The first-order valence-corrected chi connectivity index (χ1v) is 9.75. The summed E-state index contributed by atoms with van der Waals surface area (Å²) >= 11 is 7.06. The molecule has 0 bridgehead atoms. The molecule has 140 valence electrons. The highest BCUT2D eigenvalue weighted by Crippen LogP contribution is 2.37. The van der Waals surface area contributed by atoms with E-state index in [0.717, 1.165) is 33.7 Å². The second-order valence-corrected chi connectivity index (χ2v) is 7.84. The lowest BCUT2D eigenvalue weighted by atomic mass is 9.97. The maximum Gasteiger partial charge on any atom is 0.283 e. The van der Waals surface area contributed by atoms with Crippen molar-refractivity contribution in [3.63, 3.8) is 0 Å². The van der Waals surface area contributed by atoms with E-state index in [1.165, 1.54) is 0 Å². The van der Waals surface area contributed by atoms with Crippen LogP contribution in [0.5, 0.6) is 5.06 Å². The largest absolute Gasteiger partial charge is 0.499 e. The molecular formula is C21H16ClN3O2S. The summed E-state index contributed by atoms with van der Waals surface area (Å²) in [6, 6.07) is 13.2. The van der Waals surface area contributed by atoms with E-state index < -0.39 is 5.56 Å². The van der Waals surface area contributed by atoms with Crippen molar-refractivity contribution in [2.24, 2.45) is 0 Å². The van der Waals surface area contributed by atoms with Crippen molar-refractivity contribution in [3.05, 3.63) is 81.4 Å². The summed E-state index contributed by atoms with van der Waals surface area (Å²) in [5.41, 5.74) is 3.78. The number of hydrogen-bond acceptors (Lipinski definition) is 5. The highest BCUT2D eigenvalue weighted by atomic mass is 35.5. The molecule has 5 nitrogen and oxygen atoms in total. The van der Waals surface area contributed by atoms with Crippen LogP contribution < -0.4 is 5.56 Å². The van der Waals surface area contributed by atoms with Gasteiger partial charge >= 0.3 is 0 Å². The highest BCUT2D eigenvalue weighted by Gasteiger charge is 2.19. The molecule has 0 saturated carbocycles. The number of aromatic hydroxyl groups is 1. The molecule has 2 aromatic carbocycles. The topological polar surface area (TPSA) is 68.0 Å². The van der Waals surface area contributed by atoms with Gasteiger partial charge in [-0.25, -0.2) is 4.68 Å². The van der Waals surface area contributed by atoms with E-state index in [-0.39, 0.29) is 10.6 Å². The van der Waals surface area contributed by atoms with Crippen molar-refractivity contribution in [3.8, 4) is 32.4 Å². The van der Waals surface area contributed by atoms with Crippen molar-refractivity contribution in [2.75, 3.05) is 0 Å². The van der Waals surface area contributed by atoms with Gasteiger partial charge in [-0.2, -0.15) is 10.1 Å². The van der Waals surface area contributed by atoms with Crippen LogP contribution >= 0.6 is 22.9 Å². The van der Waals surface area contributed by atoms with Gasteiger partial charge in [-0.3, -0.25) is 4.79 Å². The van der Waals surface area contributed by atoms with Gasteiger partial charge in [0.25, 0.3) is 5.56 Å². The summed E-state index contributed by atoms with van der Waals surface area (Å²) in [4.78, 5) is 17.0. The Morgan fingerprint density at radius 1 is 1.07 bits per heavy atom. The fraction of sp³-hybridized carbons (Fsp3) is 0.0952. The molecule has 4 rings (SSSR count). The third kappa shape index (κ3) is 3.32. The van der Waals surface area contributed by atoms with Gasteiger partial charge in [0.15, 0.2) is 5.06 Å². The van der Waals surface area contributed by atoms with E-state index >= 15 is 0 Å². The van der Waals surface area contributed by atoms with Crippen molar-refractivity contribution < 1.29 is 5.11 Å². The lowest BCUT2D eigenvalue weighted by Gasteiger charge is -2.13. The van der Waals surface area contributed by atoms with E-state index in [1.54, 1.807) is 17.1 Å². The Kier molecular flexibility index (Phi) is 4.75. The van der Waals surface area contributed by atoms with Crippen LogP contribution in [0.1, 0.15) is 11.1 Å². The molecule has 0 saturated heterocycles. The van der Waals surface area contributed by atoms with E-state index in [1.807, 2.05) is 56.3 Å². The van der Waals surface area contributed by atoms with Crippen LogP contribution in [0.2, 0.25) is 5.02 Å². The first-order chi connectivity index (χ1) is 13.4. The molecule has 0 atom stereocenters. The molecule has 0 amide bonds. The Balaban J connectivity index is 1.84. The van der Waals surface area contributed by atoms with Crippen LogP contribution in [0.25, 0.3) is 27.4 Å². The lowest BCUT2D eigenvalue weighted by Crippen LogP contribution is -2.11. The molecule has 0 aliphatic carbocycles. The summed E-state index contributed by atoms with van der Waals surface area (Å²) in [6.45, 7) is 3.79. The molecule has 2 heterocycles. The van der Waals surface area contributed by atoms with E-state index in [0.29, 0.717) is 15.6 Å². The molecule has 0 spiro atoms. The fourth-order valence-corrected chi connectivity index (χ4v) is 4.23. The van der Waals surface area contributed by atoms with Crippen molar-refractivity contribution in [1.29, 1.82) is 0 Å². The first-order valence-electron chi connectivity index (χ1n) is 8.55. The van der Waals surface area contributed by atoms with Crippen LogP contribution in [0.3, 0.4) is 0 Å². The maximum absolute atomic E-state index is 12.8. The summed E-state index contributed by atoms with van der Waals surface area (Å²) in [7, 11) is 0. The fourth-order valence-electron chi connectivity index (χ4n) is 3.23. The Bertz CT molecular complexity index is 1210. The van der Waals surface area contributed by atoms with Crippen LogP contribution in [-0.4, -0.2) is 19.9 Å². The Morgan fingerprint density at radius 2 is 1.75 bits per heavy atom. The number of hydrogen-bond donors (Lipinski definition) is 1. The number of nitrogens with zero attached hydrogens (tertiary/aromatic N) is 3. The zero-order valence-electron chi connectivity index (χ0n) is 15.2. The van der Waals surface area contributed by atoms with Crippen molar-refractivity contribution in [2.45, 2.75) is 13.8 Å². The minimum absolute atomic E-state index is 0.0417. The van der Waals surface area contributed by atoms with E-state index in [9.17, 15) is 9.90 Å². The van der Waals surface area contributed by atoms with Gasteiger partial charge in [0.1, 0.15) is 10.6 Å². The quantitative estimate of drug-likeness (QED) is 0.517. The van der Waals surface area contributed by atoms with Gasteiger partial charge in [-0.15, -0.1) is 0 Å². The molecule has 1 N–H and O–H groups in total. The summed E-state index contributed by atoms with van der Waals surface area (Å²) in [5.74, 6) is 0. The molecule has 28 heavy (non-hydrogen) atoms. The second kappa shape index (κ2) is 7.22. The Morgan fingerprint density at radius 3 is 2.32 bits per heavy atom. The van der Waals surface area contributed by atoms with Gasteiger partial charge in [-0.1, -0.05) is 53.3 Å². The predicted molar refractivity (Wildman–Crippen MR) is 113 cm³/mol. The first kappa shape index (κ1) is 18.4. The Labute approximate surface area is 170 Å². The van der Waals surface area contributed by atoms with Crippen LogP contribution in [-0.2, 0) is 0 Å². The molecule has 0 radical (unpaired) electrons. The van der Waals surface area contributed by atoms with Crippen LogP contribution in [0.4, 0.5) is 0 Å². The molecule has 0 aliphatic heterocycles. The number of aryl methyl sites for hydroxylation is 2. The third-order valence-electron chi connectivity index (χ3n) is 4.43. The average molecular weight is 410 g/mol. The number of halogens is 1. The molecule has 0 aliphatic rings. The SMILES string of the molecule is Cc1cc(-n2cc(Cl)cn2)cc(C)c1-c1c(O)sc(-c2ccccc2)nc1=O. The number of aromatic nitrogens is 3. The van der Waals surface area contributed by atoms with Crippen LogP contribution in [0, 0.1) is 13.8 Å².